The van der Waals surface area contributed by atoms with Gasteiger partial charge in [-0.25, -0.2) is 9.66 Å². The Kier molecular flexibility index (Phi) is 6.27. The number of imidazole rings is 1. The summed E-state index contributed by atoms with van der Waals surface area (Å²) in [4.78, 5) is 31.3. The molecule has 3 aromatic rings. The Morgan fingerprint density at radius 1 is 1.03 bits per heavy atom. The molecule has 3 heterocycles. The minimum atomic E-state index is -0.525. The number of amides is 2. The summed E-state index contributed by atoms with van der Waals surface area (Å²) in [5.41, 5.74) is 10.9. The molecule has 180 valence electrons. The fourth-order valence-electron chi connectivity index (χ4n) is 5.14. The van der Waals surface area contributed by atoms with Crippen LogP contribution in [-0.2, 0) is 4.79 Å². The Labute approximate surface area is 204 Å². The van der Waals surface area contributed by atoms with Crippen molar-refractivity contribution in [2.75, 3.05) is 25.1 Å². The highest BCUT2D eigenvalue weighted by Gasteiger charge is 2.36. The molecule has 0 bridgehead atoms. The largest absolute Gasteiger partial charge is 0.457 e. The number of carbonyl (C=O) groups is 2. The molecular formula is C27H29N5O3. The molecule has 0 radical (unpaired) electrons. The Balaban J connectivity index is 1.41. The molecule has 1 saturated heterocycles. The van der Waals surface area contributed by atoms with E-state index in [0.29, 0.717) is 36.1 Å². The monoisotopic (exact) mass is 471 g/mol. The molecule has 2 amide bonds. The lowest BCUT2D eigenvalue weighted by Gasteiger charge is -2.37. The molecule has 5 rings (SSSR count). The SMILES string of the molecule is C=CC(=O)N1CCC(C2CCNn3c2nc(-c2ccc(Oc4ccccc4)cc2)c3C(N)=O)CC1. The van der Waals surface area contributed by atoms with Crippen molar-refractivity contribution in [1.29, 1.82) is 0 Å². The Hall–Kier alpha value is -4.07. The Morgan fingerprint density at radius 2 is 1.71 bits per heavy atom. The number of hydrogen-bond donors (Lipinski definition) is 2. The summed E-state index contributed by atoms with van der Waals surface area (Å²) in [5.74, 6) is 2.30. The number of benzene rings is 2. The van der Waals surface area contributed by atoms with E-state index in [2.05, 4.69) is 12.0 Å². The van der Waals surface area contributed by atoms with E-state index in [-0.39, 0.29) is 11.8 Å². The highest BCUT2D eigenvalue weighted by Crippen LogP contribution is 2.39. The predicted octanol–water partition coefficient (Wildman–Crippen LogP) is 3.90. The van der Waals surface area contributed by atoms with Crippen LogP contribution in [0.15, 0.2) is 67.3 Å². The number of piperidine rings is 1. The second-order valence-electron chi connectivity index (χ2n) is 8.98. The molecule has 35 heavy (non-hydrogen) atoms. The lowest BCUT2D eigenvalue weighted by Crippen LogP contribution is -2.41. The van der Waals surface area contributed by atoms with Gasteiger partial charge < -0.3 is 20.8 Å². The highest BCUT2D eigenvalue weighted by atomic mass is 16.5. The molecule has 8 heteroatoms. The second-order valence-corrected chi connectivity index (χ2v) is 8.98. The third-order valence-corrected chi connectivity index (χ3v) is 6.90. The normalized spacial score (nSPS) is 17.8. The summed E-state index contributed by atoms with van der Waals surface area (Å²) >= 11 is 0. The first-order valence-corrected chi connectivity index (χ1v) is 12.0. The van der Waals surface area contributed by atoms with Crippen molar-refractivity contribution < 1.29 is 14.3 Å². The van der Waals surface area contributed by atoms with Crippen LogP contribution in [0.2, 0.25) is 0 Å². The Bertz CT molecular complexity index is 1230. The van der Waals surface area contributed by atoms with Crippen LogP contribution in [0.25, 0.3) is 11.3 Å². The minimum Gasteiger partial charge on any atom is -0.457 e. The van der Waals surface area contributed by atoms with Crippen LogP contribution >= 0.6 is 0 Å². The molecule has 1 fully saturated rings. The summed E-state index contributed by atoms with van der Waals surface area (Å²) in [6, 6.07) is 17.1. The molecule has 2 aliphatic heterocycles. The van der Waals surface area contributed by atoms with Crippen molar-refractivity contribution in [2.24, 2.45) is 11.7 Å². The number of carbonyl (C=O) groups excluding carboxylic acids is 2. The molecule has 2 aromatic carbocycles. The van der Waals surface area contributed by atoms with Gasteiger partial charge in [0.25, 0.3) is 5.91 Å². The maximum absolute atomic E-state index is 12.5. The molecule has 2 aliphatic rings. The predicted molar refractivity (Wildman–Crippen MR) is 134 cm³/mol. The van der Waals surface area contributed by atoms with E-state index in [0.717, 1.165) is 42.9 Å². The summed E-state index contributed by atoms with van der Waals surface area (Å²) in [7, 11) is 0. The summed E-state index contributed by atoms with van der Waals surface area (Å²) < 4.78 is 7.67. The molecule has 1 atom stereocenters. The molecule has 1 unspecified atom stereocenters. The van der Waals surface area contributed by atoms with Crippen molar-refractivity contribution in [1.82, 2.24) is 14.6 Å². The molecule has 3 N–H and O–H groups in total. The molecule has 0 aliphatic carbocycles. The number of aromatic nitrogens is 2. The number of hydrogen-bond acceptors (Lipinski definition) is 5. The van der Waals surface area contributed by atoms with E-state index < -0.39 is 5.91 Å². The van der Waals surface area contributed by atoms with Gasteiger partial charge in [-0.15, -0.1) is 0 Å². The van der Waals surface area contributed by atoms with Gasteiger partial charge in [-0.05, 0) is 67.7 Å². The third kappa shape index (κ3) is 4.51. The van der Waals surface area contributed by atoms with E-state index >= 15 is 0 Å². The number of rotatable bonds is 6. The maximum atomic E-state index is 12.5. The van der Waals surface area contributed by atoms with Crippen molar-refractivity contribution >= 4 is 11.8 Å². The van der Waals surface area contributed by atoms with Gasteiger partial charge in [0, 0.05) is 31.1 Å². The highest BCUT2D eigenvalue weighted by molar-refractivity contribution is 5.97. The lowest BCUT2D eigenvalue weighted by molar-refractivity contribution is -0.127. The lowest BCUT2D eigenvalue weighted by atomic mass is 9.81. The fourth-order valence-corrected chi connectivity index (χ4v) is 5.14. The van der Waals surface area contributed by atoms with Crippen LogP contribution in [0.1, 0.15) is 41.5 Å². The number of para-hydroxylation sites is 1. The van der Waals surface area contributed by atoms with Gasteiger partial charge in [0.2, 0.25) is 5.91 Å². The van der Waals surface area contributed by atoms with Crippen LogP contribution < -0.4 is 15.9 Å². The number of likely N-dealkylation sites (tertiary alicyclic amines) is 1. The summed E-state index contributed by atoms with van der Waals surface area (Å²) in [6.45, 7) is 5.73. The van der Waals surface area contributed by atoms with E-state index in [1.165, 1.54) is 6.08 Å². The molecule has 8 nitrogen and oxygen atoms in total. The fraction of sp³-hybridized carbons (Fsp3) is 0.296. The zero-order chi connectivity index (χ0) is 24.4. The standard InChI is InChI=1S/C27H29N5O3/c1-2-23(33)31-16-13-18(14-17-31)22-12-15-29-32-25(26(28)34)24(30-27(22)32)19-8-10-21(11-9-19)35-20-6-4-3-5-7-20/h2-11,18,22,29H,1,12-17H2,(H2,28,34). The van der Waals surface area contributed by atoms with Crippen molar-refractivity contribution in [2.45, 2.75) is 25.2 Å². The third-order valence-electron chi connectivity index (χ3n) is 6.90. The average molecular weight is 472 g/mol. The zero-order valence-corrected chi connectivity index (χ0v) is 19.5. The zero-order valence-electron chi connectivity index (χ0n) is 19.5. The van der Waals surface area contributed by atoms with Gasteiger partial charge in [0.1, 0.15) is 23.0 Å². The van der Waals surface area contributed by atoms with Gasteiger partial charge in [-0.1, -0.05) is 24.8 Å². The Morgan fingerprint density at radius 3 is 2.37 bits per heavy atom. The summed E-state index contributed by atoms with van der Waals surface area (Å²) in [6.07, 6.45) is 4.07. The van der Waals surface area contributed by atoms with Crippen LogP contribution in [0.4, 0.5) is 0 Å². The number of nitrogens with two attached hydrogens (primary N) is 1. The number of ether oxygens (including phenoxy) is 1. The topological polar surface area (TPSA) is 102 Å². The van der Waals surface area contributed by atoms with Crippen LogP contribution in [0.3, 0.4) is 0 Å². The van der Waals surface area contributed by atoms with E-state index in [1.807, 2.05) is 59.5 Å². The first-order chi connectivity index (χ1) is 17.0. The van der Waals surface area contributed by atoms with Crippen molar-refractivity contribution in [3.05, 3.63) is 78.8 Å². The van der Waals surface area contributed by atoms with Crippen molar-refractivity contribution in [3.8, 4) is 22.8 Å². The van der Waals surface area contributed by atoms with Crippen LogP contribution in [-0.4, -0.2) is 46.0 Å². The van der Waals surface area contributed by atoms with Crippen LogP contribution in [0.5, 0.6) is 11.5 Å². The van der Waals surface area contributed by atoms with Gasteiger partial charge in [0.15, 0.2) is 5.69 Å². The molecule has 1 aromatic heterocycles. The first kappa shape index (κ1) is 22.7. The number of primary amides is 1. The van der Waals surface area contributed by atoms with E-state index in [9.17, 15) is 9.59 Å². The van der Waals surface area contributed by atoms with Crippen molar-refractivity contribution in [3.63, 3.8) is 0 Å². The maximum Gasteiger partial charge on any atom is 0.269 e. The van der Waals surface area contributed by atoms with Gasteiger partial charge in [0.05, 0.1) is 0 Å². The molecule has 0 saturated carbocycles. The number of nitrogens with zero attached hydrogens (tertiary/aromatic N) is 3. The molecular weight excluding hydrogens is 442 g/mol. The number of nitrogens with one attached hydrogen (secondary N) is 1. The summed E-state index contributed by atoms with van der Waals surface area (Å²) in [5, 5.41) is 0. The minimum absolute atomic E-state index is 0.0201. The first-order valence-electron chi connectivity index (χ1n) is 12.0. The van der Waals surface area contributed by atoms with Gasteiger partial charge >= 0.3 is 0 Å². The smallest absolute Gasteiger partial charge is 0.269 e. The van der Waals surface area contributed by atoms with Gasteiger partial charge in [-0.2, -0.15) is 0 Å². The van der Waals surface area contributed by atoms with E-state index in [4.69, 9.17) is 15.5 Å². The number of fused-ring (bicyclic) bond motifs is 1. The van der Waals surface area contributed by atoms with E-state index in [1.54, 1.807) is 4.68 Å². The quantitative estimate of drug-likeness (QED) is 0.531. The second kappa shape index (κ2) is 9.66. The van der Waals surface area contributed by atoms with Crippen LogP contribution in [0, 0.1) is 5.92 Å². The van der Waals surface area contributed by atoms with Gasteiger partial charge in [-0.3, -0.25) is 9.59 Å². The average Bonchev–Trinajstić information content (AvgIpc) is 3.29. The molecule has 0 spiro atoms.